The van der Waals surface area contributed by atoms with E-state index in [9.17, 15) is 5.11 Å². The molecule has 18 heavy (non-hydrogen) atoms. The van der Waals surface area contributed by atoms with Crippen LogP contribution in [0.15, 0.2) is 4.52 Å². The molecule has 102 valence electrons. The third-order valence-electron chi connectivity index (χ3n) is 3.35. The molecule has 0 bridgehead atoms. The molecule has 0 radical (unpaired) electrons. The van der Waals surface area contributed by atoms with E-state index in [-0.39, 0.29) is 5.89 Å². The van der Waals surface area contributed by atoms with Gasteiger partial charge in [0.05, 0.1) is 6.10 Å². The van der Waals surface area contributed by atoms with Gasteiger partial charge in [-0.25, -0.2) is 0 Å². The number of ether oxygens (including phenoxy) is 2. The lowest BCUT2D eigenvalue weighted by Gasteiger charge is -2.32. The van der Waals surface area contributed by atoms with Crippen LogP contribution in [0.4, 0.5) is 0 Å². The van der Waals surface area contributed by atoms with Crippen molar-refractivity contribution in [2.75, 3.05) is 20.3 Å². The van der Waals surface area contributed by atoms with E-state index in [0.29, 0.717) is 31.9 Å². The molecule has 1 aromatic rings. The lowest BCUT2D eigenvalue weighted by molar-refractivity contribution is -0.101. The van der Waals surface area contributed by atoms with Crippen molar-refractivity contribution in [3.63, 3.8) is 0 Å². The van der Waals surface area contributed by atoms with Crippen molar-refractivity contribution in [3.8, 4) is 0 Å². The van der Waals surface area contributed by atoms with Crippen LogP contribution in [0.5, 0.6) is 0 Å². The molecule has 1 aliphatic heterocycles. The highest BCUT2D eigenvalue weighted by Crippen LogP contribution is 2.34. The fourth-order valence-electron chi connectivity index (χ4n) is 1.98. The van der Waals surface area contributed by atoms with E-state index in [1.807, 2.05) is 0 Å². The molecule has 1 aromatic heterocycles. The maximum Gasteiger partial charge on any atom is 0.246 e. The summed E-state index contributed by atoms with van der Waals surface area (Å²) in [7, 11) is 1.62. The van der Waals surface area contributed by atoms with E-state index < -0.39 is 17.7 Å². The standard InChI is InChI=1S/C11H19N3O4/c1-7(15)8(12)9-13-10(14-18-9)11(16-2)3-5-17-6-4-11/h7-8,15H,3-6,12H2,1-2H3. The smallest absolute Gasteiger partial charge is 0.246 e. The number of aliphatic hydroxyl groups excluding tert-OH is 1. The fourth-order valence-corrected chi connectivity index (χ4v) is 1.98. The zero-order valence-corrected chi connectivity index (χ0v) is 10.6. The van der Waals surface area contributed by atoms with Crippen LogP contribution in [0.3, 0.4) is 0 Å². The minimum absolute atomic E-state index is 0.225. The lowest BCUT2D eigenvalue weighted by atomic mass is 9.93. The number of methoxy groups -OCH3 is 1. The maximum absolute atomic E-state index is 9.41. The van der Waals surface area contributed by atoms with E-state index in [0.717, 1.165) is 0 Å². The van der Waals surface area contributed by atoms with Crippen molar-refractivity contribution in [3.05, 3.63) is 11.7 Å². The van der Waals surface area contributed by atoms with Crippen LogP contribution >= 0.6 is 0 Å². The summed E-state index contributed by atoms with van der Waals surface area (Å²) in [5, 5.41) is 13.3. The molecule has 1 saturated heterocycles. The summed E-state index contributed by atoms with van der Waals surface area (Å²) in [6.07, 6.45) is 0.602. The molecule has 7 heteroatoms. The Hall–Kier alpha value is -1.02. The second-order valence-electron chi connectivity index (χ2n) is 4.53. The van der Waals surface area contributed by atoms with E-state index >= 15 is 0 Å². The van der Waals surface area contributed by atoms with Gasteiger partial charge in [-0.3, -0.25) is 0 Å². The van der Waals surface area contributed by atoms with E-state index in [4.69, 9.17) is 19.7 Å². The molecule has 0 amide bonds. The molecule has 2 unspecified atom stereocenters. The summed E-state index contributed by atoms with van der Waals surface area (Å²) in [5.74, 6) is 0.697. The van der Waals surface area contributed by atoms with Gasteiger partial charge in [-0.05, 0) is 6.92 Å². The van der Waals surface area contributed by atoms with Gasteiger partial charge in [-0.2, -0.15) is 4.98 Å². The zero-order valence-electron chi connectivity index (χ0n) is 10.6. The minimum atomic E-state index is -0.744. The average molecular weight is 257 g/mol. The number of hydrogen-bond acceptors (Lipinski definition) is 7. The Morgan fingerprint density at radius 1 is 1.44 bits per heavy atom. The summed E-state index contributed by atoms with van der Waals surface area (Å²) in [6.45, 7) is 2.77. The summed E-state index contributed by atoms with van der Waals surface area (Å²) < 4.78 is 16.0. The summed E-state index contributed by atoms with van der Waals surface area (Å²) in [5.41, 5.74) is 5.18. The molecule has 7 nitrogen and oxygen atoms in total. The normalized spacial score (nSPS) is 22.7. The van der Waals surface area contributed by atoms with Gasteiger partial charge in [0.1, 0.15) is 11.6 Å². The van der Waals surface area contributed by atoms with Crippen LogP contribution in [0, 0.1) is 0 Å². The first-order chi connectivity index (χ1) is 8.59. The molecule has 1 aliphatic rings. The average Bonchev–Trinajstić information content (AvgIpc) is 2.88. The fraction of sp³-hybridized carbons (Fsp3) is 0.818. The highest BCUT2D eigenvalue weighted by atomic mass is 16.5. The molecule has 2 heterocycles. The van der Waals surface area contributed by atoms with Crippen LogP contribution in [-0.4, -0.2) is 41.7 Å². The number of hydrogen-bond donors (Lipinski definition) is 2. The molecule has 2 atom stereocenters. The topological polar surface area (TPSA) is 104 Å². The third kappa shape index (κ3) is 2.39. The second-order valence-corrected chi connectivity index (χ2v) is 4.53. The van der Waals surface area contributed by atoms with Crippen molar-refractivity contribution in [2.24, 2.45) is 5.73 Å². The van der Waals surface area contributed by atoms with Crippen LogP contribution in [0.25, 0.3) is 0 Å². The first kappa shape index (κ1) is 13.4. The van der Waals surface area contributed by atoms with Gasteiger partial charge >= 0.3 is 0 Å². The van der Waals surface area contributed by atoms with Crippen molar-refractivity contribution in [1.29, 1.82) is 0 Å². The second kappa shape index (κ2) is 5.31. The number of aliphatic hydroxyl groups is 1. The first-order valence-corrected chi connectivity index (χ1v) is 6.00. The first-order valence-electron chi connectivity index (χ1n) is 6.00. The largest absolute Gasteiger partial charge is 0.391 e. The molecule has 2 rings (SSSR count). The summed E-state index contributed by atoms with van der Waals surface area (Å²) in [6, 6.07) is -0.681. The number of nitrogens with zero attached hydrogens (tertiary/aromatic N) is 2. The predicted octanol–water partition coefficient (Wildman–Crippen LogP) is 0.102. The number of nitrogens with two attached hydrogens (primary N) is 1. The Balaban J connectivity index is 2.22. The van der Waals surface area contributed by atoms with E-state index in [1.165, 1.54) is 0 Å². The molecule has 0 aliphatic carbocycles. The number of rotatable bonds is 4. The van der Waals surface area contributed by atoms with Crippen LogP contribution in [0.1, 0.15) is 37.5 Å². The van der Waals surface area contributed by atoms with E-state index in [1.54, 1.807) is 14.0 Å². The highest BCUT2D eigenvalue weighted by Gasteiger charge is 2.39. The van der Waals surface area contributed by atoms with Crippen molar-refractivity contribution in [2.45, 2.75) is 37.5 Å². The van der Waals surface area contributed by atoms with Gasteiger partial charge in [0, 0.05) is 33.2 Å². The zero-order chi connectivity index (χ0) is 13.2. The minimum Gasteiger partial charge on any atom is -0.391 e. The Morgan fingerprint density at radius 3 is 2.67 bits per heavy atom. The SMILES string of the molecule is COC1(c2noc(C(N)C(C)O)n2)CCOCC1. The lowest BCUT2D eigenvalue weighted by Crippen LogP contribution is -2.36. The highest BCUT2D eigenvalue weighted by molar-refractivity contribution is 5.05. The molecule has 1 fully saturated rings. The van der Waals surface area contributed by atoms with Gasteiger partial charge in [-0.1, -0.05) is 5.16 Å². The van der Waals surface area contributed by atoms with Crippen LogP contribution in [0.2, 0.25) is 0 Å². The quantitative estimate of drug-likeness (QED) is 0.788. The molecular formula is C11H19N3O4. The molecule has 0 saturated carbocycles. The van der Waals surface area contributed by atoms with Crippen LogP contribution < -0.4 is 5.73 Å². The van der Waals surface area contributed by atoms with Gasteiger partial charge in [0.25, 0.3) is 0 Å². The predicted molar refractivity (Wildman–Crippen MR) is 61.6 cm³/mol. The van der Waals surface area contributed by atoms with Crippen molar-refractivity contribution in [1.82, 2.24) is 10.1 Å². The summed E-state index contributed by atoms with van der Waals surface area (Å²) >= 11 is 0. The Labute approximate surface area is 105 Å². The third-order valence-corrected chi connectivity index (χ3v) is 3.35. The molecule has 0 spiro atoms. The van der Waals surface area contributed by atoms with Crippen LogP contribution in [-0.2, 0) is 15.1 Å². The Kier molecular flexibility index (Phi) is 3.96. The maximum atomic E-state index is 9.41. The number of aromatic nitrogens is 2. The Morgan fingerprint density at radius 2 is 2.11 bits per heavy atom. The monoisotopic (exact) mass is 257 g/mol. The van der Waals surface area contributed by atoms with Gasteiger partial charge in [0.2, 0.25) is 11.7 Å². The molecule has 0 aromatic carbocycles. The van der Waals surface area contributed by atoms with Crippen molar-refractivity contribution < 1.29 is 19.1 Å². The Bertz CT molecular complexity index is 387. The molecular weight excluding hydrogens is 238 g/mol. The summed E-state index contributed by atoms with van der Waals surface area (Å²) in [4.78, 5) is 4.25. The molecule has 3 N–H and O–H groups in total. The van der Waals surface area contributed by atoms with Gasteiger partial charge in [-0.15, -0.1) is 0 Å². The van der Waals surface area contributed by atoms with E-state index in [2.05, 4.69) is 10.1 Å². The van der Waals surface area contributed by atoms with Gasteiger partial charge in [0.15, 0.2) is 0 Å². The van der Waals surface area contributed by atoms with Crippen molar-refractivity contribution >= 4 is 0 Å². The van der Waals surface area contributed by atoms with Gasteiger partial charge < -0.3 is 24.8 Å².